The Hall–Kier alpha value is -0.350. The lowest BCUT2D eigenvalue weighted by Gasteiger charge is -2.40. The molecule has 1 aliphatic rings. The second kappa shape index (κ2) is 4.94. The lowest BCUT2D eigenvalue weighted by atomic mass is 9.66. The van der Waals surface area contributed by atoms with Gasteiger partial charge >= 0.3 is 0 Å². The standard InChI is InChI=1S/C10H17BrN2O/c1-8(11)6-13-9(14)5-10(7-12)3-2-4-10/h1-7,12H2,(H,13,14). The van der Waals surface area contributed by atoms with Crippen LogP contribution in [-0.2, 0) is 4.79 Å². The molecule has 0 aromatic rings. The summed E-state index contributed by atoms with van der Waals surface area (Å²) in [4.78, 5) is 11.5. The van der Waals surface area contributed by atoms with Gasteiger partial charge in [0.25, 0.3) is 0 Å². The van der Waals surface area contributed by atoms with Crippen molar-refractivity contribution < 1.29 is 4.79 Å². The van der Waals surface area contributed by atoms with Gasteiger partial charge in [0, 0.05) is 17.4 Å². The normalized spacial score (nSPS) is 18.4. The molecule has 0 aliphatic heterocycles. The van der Waals surface area contributed by atoms with E-state index in [0.29, 0.717) is 19.5 Å². The number of carbonyl (C=O) groups is 1. The number of rotatable bonds is 5. The fourth-order valence-electron chi connectivity index (χ4n) is 1.73. The van der Waals surface area contributed by atoms with Crippen molar-refractivity contribution in [2.75, 3.05) is 13.1 Å². The summed E-state index contributed by atoms with van der Waals surface area (Å²) in [7, 11) is 0. The highest BCUT2D eigenvalue weighted by Crippen LogP contribution is 2.42. The van der Waals surface area contributed by atoms with Gasteiger partial charge < -0.3 is 11.1 Å². The molecular formula is C10H17BrN2O. The highest BCUT2D eigenvalue weighted by atomic mass is 79.9. The Balaban J connectivity index is 2.28. The first-order chi connectivity index (χ1) is 6.58. The van der Waals surface area contributed by atoms with Gasteiger partial charge in [0.2, 0.25) is 5.91 Å². The van der Waals surface area contributed by atoms with Crippen LogP contribution >= 0.6 is 15.9 Å². The molecule has 1 saturated carbocycles. The van der Waals surface area contributed by atoms with E-state index in [2.05, 4.69) is 27.8 Å². The molecule has 0 aromatic carbocycles. The zero-order chi connectivity index (χ0) is 10.6. The number of amides is 1. The fraction of sp³-hybridized carbons (Fsp3) is 0.700. The Kier molecular flexibility index (Phi) is 4.13. The van der Waals surface area contributed by atoms with Gasteiger partial charge in [-0.1, -0.05) is 28.9 Å². The van der Waals surface area contributed by atoms with Crippen molar-refractivity contribution in [2.45, 2.75) is 25.7 Å². The zero-order valence-electron chi connectivity index (χ0n) is 8.31. The summed E-state index contributed by atoms with van der Waals surface area (Å²) in [6.45, 7) is 4.78. The smallest absolute Gasteiger partial charge is 0.220 e. The topological polar surface area (TPSA) is 55.1 Å². The Labute approximate surface area is 93.2 Å². The second-order valence-corrected chi connectivity index (χ2v) is 5.15. The number of hydrogen-bond donors (Lipinski definition) is 2. The van der Waals surface area contributed by atoms with Crippen LogP contribution in [-0.4, -0.2) is 19.0 Å². The highest BCUT2D eigenvalue weighted by molar-refractivity contribution is 9.11. The summed E-state index contributed by atoms with van der Waals surface area (Å²) in [5, 5.41) is 2.80. The van der Waals surface area contributed by atoms with Crippen molar-refractivity contribution in [1.29, 1.82) is 0 Å². The number of carbonyl (C=O) groups excluding carboxylic acids is 1. The third-order valence-corrected chi connectivity index (χ3v) is 3.14. The van der Waals surface area contributed by atoms with Gasteiger partial charge in [-0.25, -0.2) is 0 Å². The number of nitrogens with one attached hydrogen (secondary N) is 1. The van der Waals surface area contributed by atoms with Crippen LogP contribution < -0.4 is 11.1 Å². The van der Waals surface area contributed by atoms with Crippen LogP contribution in [0.25, 0.3) is 0 Å². The van der Waals surface area contributed by atoms with Crippen LogP contribution in [0.2, 0.25) is 0 Å². The van der Waals surface area contributed by atoms with Crippen LogP contribution in [0.5, 0.6) is 0 Å². The molecule has 3 N–H and O–H groups in total. The van der Waals surface area contributed by atoms with Crippen LogP contribution in [0.3, 0.4) is 0 Å². The Bertz CT molecular complexity index is 231. The number of halogens is 1. The zero-order valence-corrected chi connectivity index (χ0v) is 9.90. The molecule has 80 valence electrons. The molecule has 0 saturated heterocycles. The molecule has 1 rings (SSSR count). The molecule has 0 atom stereocenters. The molecule has 3 nitrogen and oxygen atoms in total. The predicted octanol–water partition coefficient (Wildman–Crippen LogP) is 1.53. The van der Waals surface area contributed by atoms with Crippen LogP contribution in [0.4, 0.5) is 0 Å². The number of nitrogens with two attached hydrogens (primary N) is 1. The summed E-state index contributed by atoms with van der Waals surface area (Å²) in [5.74, 6) is 0.0794. The molecule has 1 amide bonds. The maximum atomic E-state index is 11.5. The van der Waals surface area contributed by atoms with E-state index in [9.17, 15) is 4.79 Å². The minimum absolute atomic E-state index is 0.0794. The van der Waals surface area contributed by atoms with Gasteiger partial charge in [-0.3, -0.25) is 4.79 Å². The largest absolute Gasteiger partial charge is 0.352 e. The quantitative estimate of drug-likeness (QED) is 0.788. The third kappa shape index (κ3) is 3.10. The lowest BCUT2D eigenvalue weighted by molar-refractivity contribution is -0.124. The van der Waals surface area contributed by atoms with Crippen molar-refractivity contribution in [3.63, 3.8) is 0 Å². The van der Waals surface area contributed by atoms with E-state index in [4.69, 9.17) is 5.73 Å². The molecule has 0 spiro atoms. The Morgan fingerprint density at radius 3 is 2.57 bits per heavy atom. The van der Waals surface area contributed by atoms with Gasteiger partial charge in [0.1, 0.15) is 0 Å². The maximum Gasteiger partial charge on any atom is 0.220 e. The van der Waals surface area contributed by atoms with Crippen molar-refractivity contribution in [3.05, 3.63) is 11.1 Å². The first-order valence-corrected chi connectivity index (χ1v) is 5.67. The molecular weight excluding hydrogens is 244 g/mol. The summed E-state index contributed by atoms with van der Waals surface area (Å²) in [6, 6.07) is 0. The Morgan fingerprint density at radius 1 is 1.57 bits per heavy atom. The molecule has 1 aliphatic carbocycles. The monoisotopic (exact) mass is 260 g/mol. The summed E-state index contributed by atoms with van der Waals surface area (Å²) in [5.41, 5.74) is 5.76. The summed E-state index contributed by atoms with van der Waals surface area (Å²) in [6.07, 6.45) is 3.94. The van der Waals surface area contributed by atoms with Gasteiger partial charge in [0.15, 0.2) is 0 Å². The third-order valence-electron chi connectivity index (χ3n) is 2.86. The summed E-state index contributed by atoms with van der Waals surface area (Å²) < 4.78 is 0.793. The lowest BCUT2D eigenvalue weighted by Crippen LogP contribution is -2.42. The van der Waals surface area contributed by atoms with E-state index in [1.54, 1.807) is 0 Å². The molecule has 0 radical (unpaired) electrons. The van der Waals surface area contributed by atoms with Crippen molar-refractivity contribution in [1.82, 2.24) is 5.32 Å². The average molecular weight is 261 g/mol. The first-order valence-electron chi connectivity index (χ1n) is 4.88. The average Bonchev–Trinajstić information content (AvgIpc) is 2.08. The van der Waals surface area contributed by atoms with Crippen LogP contribution in [0, 0.1) is 5.41 Å². The van der Waals surface area contributed by atoms with Gasteiger partial charge in [-0.2, -0.15) is 0 Å². The summed E-state index contributed by atoms with van der Waals surface area (Å²) >= 11 is 3.20. The molecule has 4 heteroatoms. The highest BCUT2D eigenvalue weighted by Gasteiger charge is 2.37. The van der Waals surface area contributed by atoms with Crippen molar-refractivity contribution >= 4 is 21.8 Å². The molecule has 0 heterocycles. The van der Waals surface area contributed by atoms with E-state index in [-0.39, 0.29) is 11.3 Å². The molecule has 0 aromatic heterocycles. The van der Waals surface area contributed by atoms with Crippen molar-refractivity contribution in [2.24, 2.45) is 11.1 Å². The molecule has 0 unspecified atom stereocenters. The van der Waals surface area contributed by atoms with Gasteiger partial charge in [-0.15, -0.1) is 0 Å². The molecule has 1 fully saturated rings. The van der Waals surface area contributed by atoms with Crippen LogP contribution in [0.15, 0.2) is 11.1 Å². The van der Waals surface area contributed by atoms with E-state index < -0.39 is 0 Å². The van der Waals surface area contributed by atoms with Gasteiger partial charge in [0.05, 0.1) is 0 Å². The predicted molar refractivity (Wildman–Crippen MR) is 61.0 cm³/mol. The molecule has 0 bridgehead atoms. The van der Waals surface area contributed by atoms with Crippen LogP contribution in [0.1, 0.15) is 25.7 Å². The molecule has 14 heavy (non-hydrogen) atoms. The Morgan fingerprint density at radius 2 is 2.21 bits per heavy atom. The SMILES string of the molecule is C=C(Br)CNC(=O)CC1(CN)CCC1. The minimum atomic E-state index is 0.0794. The first kappa shape index (κ1) is 11.7. The van der Waals surface area contributed by atoms with Gasteiger partial charge in [-0.05, 0) is 24.8 Å². The fourth-order valence-corrected chi connectivity index (χ4v) is 1.87. The van der Waals surface area contributed by atoms with Crippen molar-refractivity contribution in [3.8, 4) is 0 Å². The second-order valence-electron chi connectivity index (χ2n) is 4.03. The van der Waals surface area contributed by atoms with E-state index in [0.717, 1.165) is 17.3 Å². The van der Waals surface area contributed by atoms with E-state index >= 15 is 0 Å². The van der Waals surface area contributed by atoms with E-state index in [1.807, 2.05) is 0 Å². The minimum Gasteiger partial charge on any atom is -0.352 e. The number of hydrogen-bond acceptors (Lipinski definition) is 2. The van der Waals surface area contributed by atoms with E-state index in [1.165, 1.54) is 6.42 Å². The maximum absolute atomic E-state index is 11.5.